The molecule has 0 spiro atoms. The number of rotatable bonds is 5. The zero-order valence-electron chi connectivity index (χ0n) is 10.2. The van der Waals surface area contributed by atoms with Crippen LogP contribution in [0.3, 0.4) is 0 Å². The third kappa shape index (κ3) is 3.15. The van der Waals surface area contributed by atoms with Crippen LogP contribution in [0, 0.1) is 10.1 Å². The summed E-state index contributed by atoms with van der Waals surface area (Å²) in [6, 6.07) is 8.18. The van der Waals surface area contributed by atoms with Crippen molar-refractivity contribution >= 4 is 11.5 Å². The molecule has 1 N–H and O–H groups in total. The average molecular weight is 260 g/mol. The number of anilines is 1. The smallest absolute Gasteiger partial charge is 0.274 e. The molecule has 0 bridgehead atoms. The van der Waals surface area contributed by atoms with Gasteiger partial charge in [0.05, 0.1) is 12.0 Å². The summed E-state index contributed by atoms with van der Waals surface area (Å²) >= 11 is 0. The molecule has 19 heavy (non-hydrogen) atoms. The maximum Gasteiger partial charge on any atom is 0.274 e. The Bertz CT molecular complexity index is 589. The molecular formula is C12H12N4O3. The van der Waals surface area contributed by atoms with Crippen LogP contribution in [0.1, 0.15) is 5.56 Å². The minimum Gasteiger partial charge on any atom is -0.481 e. The molecule has 0 atom stereocenters. The fourth-order valence-corrected chi connectivity index (χ4v) is 1.57. The maximum absolute atomic E-state index is 10.9. The standard InChI is InChI=1S/C12H12N4O3/c1-19-12-6-11(14-8-15-12)13-7-9-4-2-3-5-10(9)16(17)18/h2-6,8H,7H2,1H3,(H,13,14,15). The van der Waals surface area contributed by atoms with Gasteiger partial charge in [0, 0.05) is 24.2 Å². The Morgan fingerprint density at radius 1 is 1.37 bits per heavy atom. The Balaban J connectivity index is 2.12. The van der Waals surface area contributed by atoms with Crippen molar-refractivity contribution in [3.63, 3.8) is 0 Å². The summed E-state index contributed by atoms with van der Waals surface area (Å²) < 4.78 is 4.97. The monoisotopic (exact) mass is 260 g/mol. The van der Waals surface area contributed by atoms with E-state index in [-0.39, 0.29) is 5.69 Å². The zero-order valence-corrected chi connectivity index (χ0v) is 10.2. The van der Waals surface area contributed by atoms with E-state index in [1.54, 1.807) is 24.3 Å². The molecule has 0 aliphatic heterocycles. The van der Waals surface area contributed by atoms with Crippen LogP contribution in [0.2, 0.25) is 0 Å². The molecule has 0 radical (unpaired) electrons. The second kappa shape index (κ2) is 5.76. The number of para-hydroxylation sites is 1. The number of nitro benzene ring substituents is 1. The van der Waals surface area contributed by atoms with Crippen LogP contribution in [0.25, 0.3) is 0 Å². The van der Waals surface area contributed by atoms with Crippen LogP contribution in [0.4, 0.5) is 11.5 Å². The molecule has 1 aromatic heterocycles. The molecular weight excluding hydrogens is 248 g/mol. The Labute approximate surface area is 109 Å². The summed E-state index contributed by atoms with van der Waals surface area (Å²) in [5, 5.41) is 13.9. The van der Waals surface area contributed by atoms with E-state index in [0.717, 1.165) is 0 Å². The van der Waals surface area contributed by atoms with Crippen molar-refractivity contribution in [1.29, 1.82) is 0 Å². The van der Waals surface area contributed by atoms with Crippen molar-refractivity contribution in [2.24, 2.45) is 0 Å². The molecule has 2 rings (SSSR count). The van der Waals surface area contributed by atoms with Gasteiger partial charge >= 0.3 is 0 Å². The highest BCUT2D eigenvalue weighted by Crippen LogP contribution is 2.19. The van der Waals surface area contributed by atoms with Crippen molar-refractivity contribution in [3.8, 4) is 5.88 Å². The summed E-state index contributed by atoms with van der Waals surface area (Å²) in [5.74, 6) is 0.977. The van der Waals surface area contributed by atoms with E-state index in [1.807, 2.05) is 0 Å². The highest BCUT2D eigenvalue weighted by Gasteiger charge is 2.11. The second-order valence-electron chi connectivity index (χ2n) is 3.68. The Morgan fingerprint density at radius 2 is 2.16 bits per heavy atom. The quantitative estimate of drug-likeness (QED) is 0.653. The molecule has 1 aromatic carbocycles. The summed E-state index contributed by atoms with van der Waals surface area (Å²) in [6.07, 6.45) is 1.36. The Kier molecular flexibility index (Phi) is 3.87. The lowest BCUT2D eigenvalue weighted by Crippen LogP contribution is -2.04. The Hall–Kier alpha value is -2.70. The van der Waals surface area contributed by atoms with Gasteiger partial charge in [-0.3, -0.25) is 10.1 Å². The number of nitro groups is 1. The number of benzene rings is 1. The van der Waals surface area contributed by atoms with Crippen molar-refractivity contribution in [2.45, 2.75) is 6.54 Å². The van der Waals surface area contributed by atoms with Gasteiger partial charge in [-0.1, -0.05) is 18.2 Å². The van der Waals surface area contributed by atoms with Crippen molar-refractivity contribution in [3.05, 3.63) is 52.3 Å². The van der Waals surface area contributed by atoms with E-state index in [0.29, 0.717) is 23.8 Å². The second-order valence-corrected chi connectivity index (χ2v) is 3.68. The summed E-state index contributed by atoms with van der Waals surface area (Å²) in [6.45, 7) is 0.303. The van der Waals surface area contributed by atoms with Crippen LogP contribution in [0.15, 0.2) is 36.7 Å². The van der Waals surface area contributed by atoms with Crippen molar-refractivity contribution in [1.82, 2.24) is 9.97 Å². The first-order valence-corrected chi connectivity index (χ1v) is 5.53. The first-order chi connectivity index (χ1) is 9.20. The average Bonchev–Trinajstić information content (AvgIpc) is 2.45. The first-order valence-electron chi connectivity index (χ1n) is 5.53. The van der Waals surface area contributed by atoms with Gasteiger partial charge in [-0.15, -0.1) is 0 Å². The van der Waals surface area contributed by atoms with Gasteiger partial charge in [0.25, 0.3) is 5.69 Å². The SMILES string of the molecule is COc1cc(NCc2ccccc2[N+](=O)[O-])ncn1. The normalized spacial score (nSPS) is 9.95. The number of hydrogen-bond donors (Lipinski definition) is 1. The molecule has 0 saturated carbocycles. The first kappa shape index (κ1) is 12.7. The number of ether oxygens (including phenoxy) is 1. The molecule has 0 aliphatic carbocycles. The molecule has 0 saturated heterocycles. The third-order valence-electron chi connectivity index (χ3n) is 2.50. The van der Waals surface area contributed by atoms with Gasteiger partial charge in [-0.05, 0) is 0 Å². The molecule has 2 aromatic rings. The largest absolute Gasteiger partial charge is 0.481 e. The van der Waals surface area contributed by atoms with E-state index in [1.165, 1.54) is 19.5 Å². The van der Waals surface area contributed by atoms with E-state index < -0.39 is 4.92 Å². The van der Waals surface area contributed by atoms with E-state index in [2.05, 4.69) is 15.3 Å². The summed E-state index contributed by atoms with van der Waals surface area (Å²) in [5.41, 5.74) is 0.668. The molecule has 98 valence electrons. The number of aromatic nitrogens is 2. The van der Waals surface area contributed by atoms with Crippen molar-refractivity contribution in [2.75, 3.05) is 12.4 Å². The fraction of sp³-hybridized carbons (Fsp3) is 0.167. The van der Waals surface area contributed by atoms with Gasteiger partial charge in [-0.25, -0.2) is 9.97 Å². The van der Waals surface area contributed by atoms with Crippen LogP contribution < -0.4 is 10.1 Å². The highest BCUT2D eigenvalue weighted by molar-refractivity contribution is 5.44. The number of hydrogen-bond acceptors (Lipinski definition) is 6. The summed E-state index contributed by atoms with van der Waals surface area (Å²) in [7, 11) is 1.51. The predicted molar refractivity (Wildman–Crippen MR) is 69.0 cm³/mol. The third-order valence-corrected chi connectivity index (χ3v) is 2.50. The highest BCUT2D eigenvalue weighted by atomic mass is 16.6. The van der Waals surface area contributed by atoms with Crippen LogP contribution in [-0.4, -0.2) is 22.0 Å². The Morgan fingerprint density at radius 3 is 2.89 bits per heavy atom. The van der Waals surface area contributed by atoms with Crippen LogP contribution in [-0.2, 0) is 6.54 Å². The van der Waals surface area contributed by atoms with E-state index in [9.17, 15) is 10.1 Å². The summed E-state index contributed by atoms with van der Waals surface area (Å²) in [4.78, 5) is 18.3. The van der Waals surface area contributed by atoms with E-state index >= 15 is 0 Å². The van der Waals surface area contributed by atoms with E-state index in [4.69, 9.17) is 4.74 Å². The van der Waals surface area contributed by atoms with Crippen LogP contribution in [0.5, 0.6) is 5.88 Å². The topological polar surface area (TPSA) is 90.2 Å². The lowest BCUT2D eigenvalue weighted by Gasteiger charge is -2.06. The zero-order chi connectivity index (χ0) is 13.7. The van der Waals surface area contributed by atoms with Crippen molar-refractivity contribution < 1.29 is 9.66 Å². The number of nitrogens with one attached hydrogen (secondary N) is 1. The van der Waals surface area contributed by atoms with Gasteiger partial charge in [0.2, 0.25) is 5.88 Å². The lowest BCUT2D eigenvalue weighted by atomic mass is 10.2. The van der Waals surface area contributed by atoms with Gasteiger partial charge in [0.1, 0.15) is 12.1 Å². The van der Waals surface area contributed by atoms with Gasteiger partial charge in [-0.2, -0.15) is 0 Å². The molecule has 1 heterocycles. The molecule has 7 heteroatoms. The lowest BCUT2D eigenvalue weighted by molar-refractivity contribution is -0.385. The maximum atomic E-state index is 10.9. The van der Waals surface area contributed by atoms with Gasteiger partial charge in [0.15, 0.2) is 0 Å². The molecule has 0 amide bonds. The molecule has 7 nitrogen and oxygen atoms in total. The molecule has 0 fully saturated rings. The molecule has 0 unspecified atom stereocenters. The predicted octanol–water partition coefficient (Wildman–Crippen LogP) is 2.01. The fourth-order valence-electron chi connectivity index (χ4n) is 1.57. The van der Waals surface area contributed by atoms with Gasteiger partial charge < -0.3 is 10.1 Å². The number of methoxy groups -OCH3 is 1. The minimum absolute atomic E-state index is 0.0796. The molecule has 0 aliphatic rings. The minimum atomic E-state index is -0.405. The number of nitrogens with zero attached hydrogens (tertiary/aromatic N) is 3. The van der Waals surface area contributed by atoms with Crippen LogP contribution >= 0.6 is 0 Å².